The van der Waals surface area contributed by atoms with E-state index in [9.17, 15) is 0 Å². The summed E-state index contributed by atoms with van der Waals surface area (Å²) in [6.45, 7) is 10.7. The Balaban J connectivity index is 2.18. The Morgan fingerprint density at radius 2 is 2.06 bits per heavy atom. The van der Waals surface area contributed by atoms with Crippen molar-refractivity contribution in [2.24, 2.45) is 0 Å². The van der Waals surface area contributed by atoms with Crippen molar-refractivity contribution < 1.29 is 4.74 Å². The highest BCUT2D eigenvalue weighted by atomic mass is 16.5. The van der Waals surface area contributed by atoms with E-state index in [4.69, 9.17) is 4.74 Å². The van der Waals surface area contributed by atoms with Crippen LogP contribution in [-0.4, -0.2) is 19.3 Å². The lowest BCUT2D eigenvalue weighted by Gasteiger charge is -2.23. The Labute approximate surface area is 104 Å². The van der Waals surface area contributed by atoms with Crippen LogP contribution >= 0.6 is 0 Å². The number of hydrogen-bond acceptors (Lipinski definition) is 2. The molecule has 1 aromatic rings. The van der Waals surface area contributed by atoms with Crippen molar-refractivity contribution >= 4 is 5.69 Å². The average molecular weight is 233 g/mol. The molecule has 0 bridgehead atoms. The predicted molar refractivity (Wildman–Crippen MR) is 72.7 cm³/mol. The van der Waals surface area contributed by atoms with Crippen molar-refractivity contribution in [3.8, 4) is 0 Å². The zero-order valence-corrected chi connectivity index (χ0v) is 11.3. The lowest BCUT2D eigenvalue weighted by molar-refractivity contribution is 0.195. The summed E-state index contributed by atoms with van der Waals surface area (Å²) in [5, 5.41) is 3.56. The average Bonchev–Trinajstić information content (AvgIpc) is 2.72. The molecule has 0 amide bonds. The van der Waals surface area contributed by atoms with E-state index in [1.165, 1.54) is 16.8 Å². The molecule has 1 fully saturated rings. The number of anilines is 1. The van der Waals surface area contributed by atoms with Gasteiger partial charge in [0.1, 0.15) is 0 Å². The summed E-state index contributed by atoms with van der Waals surface area (Å²) in [7, 11) is 0. The van der Waals surface area contributed by atoms with Crippen molar-refractivity contribution in [2.75, 3.05) is 18.5 Å². The van der Waals surface area contributed by atoms with E-state index in [2.05, 4.69) is 51.2 Å². The van der Waals surface area contributed by atoms with Crippen LogP contribution in [0.2, 0.25) is 0 Å². The van der Waals surface area contributed by atoms with Gasteiger partial charge in [-0.3, -0.25) is 0 Å². The second-order valence-corrected chi connectivity index (χ2v) is 5.98. The third kappa shape index (κ3) is 3.01. The summed E-state index contributed by atoms with van der Waals surface area (Å²) >= 11 is 0. The number of aryl methyl sites for hydroxylation is 1. The first-order chi connectivity index (χ1) is 7.97. The van der Waals surface area contributed by atoms with E-state index in [1.54, 1.807) is 0 Å². The maximum atomic E-state index is 5.39. The van der Waals surface area contributed by atoms with Crippen LogP contribution in [0.25, 0.3) is 0 Å². The molecule has 1 aliphatic rings. The maximum absolute atomic E-state index is 5.39. The monoisotopic (exact) mass is 233 g/mol. The van der Waals surface area contributed by atoms with E-state index < -0.39 is 0 Å². The molecule has 0 radical (unpaired) electrons. The maximum Gasteiger partial charge on any atom is 0.0668 e. The van der Waals surface area contributed by atoms with Crippen molar-refractivity contribution in [2.45, 2.75) is 45.6 Å². The van der Waals surface area contributed by atoms with Gasteiger partial charge in [-0.05, 0) is 42.0 Å². The lowest BCUT2D eigenvalue weighted by Crippen LogP contribution is -2.20. The highest BCUT2D eigenvalue weighted by Crippen LogP contribution is 2.28. The Morgan fingerprint density at radius 1 is 1.29 bits per heavy atom. The van der Waals surface area contributed by atoms with Crippen LogP contribution in [0.4, 0.5) is 5.69 Å². The Morgan fingerprint density at radius 3 is 2.65 bits per heavy atom. The van der Waals surface area contributed by atoms with Crippen LogP contribution in [0.1, 0.15) is 38.3 Å². The molecular weight excluding hydrogens is 210 g/mol. The molecule has 1 aromatic carbocycles. The van der Waals surface area contributed by atoms with Gasteiger partial charge in [0.25, 0.3) is 0 Å². The first-order valence-corrected chi connectivity index (χ1v) is 6.42. The second-order valence-electron chi connectivity index (χ2n) is 5.98. The molecule has 2 rings (SSSR count). The third-order valence-electron chi connectivity index (χ3n) is 3.35. The molecule has 1 aliphatic heterocycles. The molecule has 2 heteroatoms. The molecule has 17 heavy (non-hydrogen) atoms. The molecular formula is C15H23NO. The molecule has 1 heterocycles. The minimum atomic E-state index is 0.202. The molecule has 2 nitrogen and oxygen atoms in total. The number of hydrogen-bond donors (Lipinski definition) is 1. The summed E-state index contributed by atoms with van der Waals surface area (Å²) < 4.78 is 5.39. The van der Waals surface area contributed by atoms with Gasteiger partial charge in [0.15, 0.2) is 0 Å². The van der Waals surface area contributed by atoms with Gasteiger partial charge in [0, 0.05) is 12.3 Å². The summed E-state index contributed by atoms with van der Waals surface area (Å²) in [6.07, 6.45) is 1.11. The SMILES string of the molecule is Cc1ccc(NC2CCOC2)cc1C(C)(C)C. The number of nitrogens with one attached hydrogen (secondary N) is 1. The number of rotatable bonds is 2. The Bertz CT molecular complexity index is 386. The third-order valence-corrected chi connectivity index (χ3v) is 3.35. The van der Waals surface area contributed by atoms with E-state index in [0.29, 0.717) is 6.04 Å². The van der Waals surface area contributed by atoms with Gasteiger partial charge in [-0.2, -0.15) is 0 Å². The van der Waals surface area contributed by atoms with Crippen LogP contribution in [0.5, 0.6) is 0 Å². The fourth-order valence-corrected chi connectivity index (χ4v) is 2.40. The number of benzene rings is 1. The molecule has 0 saturated carbocycles. The Kier molecular flexibility index (Phi) is 3.43. The van der Waals surface area contributed by atoms with E-state index in [-0.39, 0.29) is 5.41 Å². The summed E-state index contributed by atoms with van der Waals surface area (Å²) in [4.78, 5) is 0. The van der Waals surface area contributed by atoms with E-state index in [1.807, 2.05) is 0 Å². The molecule has 0 spiro atoms. The van der Waals surface area contributed by atoms with Gasteiger partial charge in [0.2, 0.25) is 0 Å². The lowest BCUT2D eigenvalue weighted by atomic mass is 9.84. The van der Waals surface area contributed by atoms with Crippen molar-refractivity contribution in [3.05, 3.63) is 29.3 Å². The predicted octanol–water partition coefficient (Wildman–Crippen LogP) is 3.49. The molecule has 94 valence electrons. The molecule has 1 N–H and O–H groups in total. The minimum absolute atomic E-state index is 0.202. The van der Waals surface area contributed by atoms with Gasteiger partial charge >= 0.3 is 0 Å². The zero-order chi connectivity index (χ0) is 12.5. The smallest absolute Gasteiger partial charge is 0.0668 e. The summed E-state index contributed by atoms with van der Waals surface area (Å²) in [6, 6.07) is 7.14. The van der Waals surface area contributed by atoms with E-state index in [0.717, 1.165) is 19.6 Å². The van der Waals surface area contributed by atoms with Gasteiger partial charge in [0.05, 0.1) is 12.6 Å². The van der Waals surface area contributed by atoms with Gasteiger partial charge < -0.3 is 10.1 Å². The standard InChI is InChI=1S/C15H23NO/c1-11-5-6-12(9-14(11)15(2,3)4)16-13-7-8-17-10-13/h5-6,9,13,16H,7-8,10H2,1-4H3. The zero-order valence-electron chi connectivity index (χ0n) is 11.3. The summed E-state index contributed by atoms with van der Waals surface area (Å²) in [5.74, 6) is 0. The Hall–Kier alpha value is -1.02. The van der Waals surface area contributed by atoms with Crippen LogP contribution in [0.15, 0.2) is 18.2 Å². The highest BCUT2D eigenvalue weighted by Gasteiger charge is 2.19. The van der Waals surface area contributed by atoms with Crippen molar-refractivity contribution in [3.63, 3.8) is 0 Å². The fraction of sp³-hybridized carbons (Fsp3) is 0.600. The molecule has 1 atom stereocenters. The largest absolute Gasteiger partial charge is 0.380 e. The molecule has 1 saturated heterocycles. The summed E-state index contributed by atoms with van der Waals surface area (Å²) in [5.41, 5.74) is 4.21. The van der Waals surface area contributed by atoms with Crippen molar-refractivity contribution in [1.82, 2.24) is 0 Å². The quantitative estimate of drug-likeness (QED) is 0.844. The minimum Gasteiger partial charge on any atom is -0.380 e. The number of ether oxygens (including phenoxy) is 1. The molecule has 0 aromatic heterocycles. The van der Waals surface area contributed by atoms with Crippen LogP contribution in [0.3, 0.4) is 0 Å². The normalized spacial score (nSPS) is 20.6. The molecule has 0 aliphatic carbocycles. The fourth-order valence-electron chi connectivity index (χ4n) is 2.40. The van der Waals surface area contributed by atoms with Crippen LogP contribution in [0, 0.1) is 6.92 Å². The van der Waals surface area contributed by atoms with Crippen LogP contribution in [-0.2, 0) is 10.2 Å². The van der Waals surface area contributed by atoms with Gasteiger partial charge in [-0.1, -0.05) is 26.8 Å². The molecule has 1 unspecified atom stereocenters. The topological polar surface area (TPSA) is 21.3 Å². The van der Waals surface area contributed by atoms with Gasteiger partial charge in [-0.15, -0.1) is 0 Å². The first-order valence-electron chi connectivity index (χ1n) is 6.42. The van der Waals surface area contributed by atoms with Crippen molar-refractivity contribution in [1.29, 1.82) is 0 Å². The van der Waals surface area contributed by atoms with Gasteiger partial charge in [-0.25, -0.2) is 0 Å². The highest BCUT2D eigenvalue weighted by molar-refractivity contribution is 5.51. The van der Waals surface area contributed by atoms with Crippen LogP contribution < -0.4 is 5.32 Å². The first kappa shape index (κ1) is 12.4. The second kappa shape index (κ2) is 4.69. The van der Waals surface area contributed by atoms with E-state index >= 15 is 0 Å².